The normalized spacial score (nSPS) is 20.7. The zero-order chi connectivity index (χ0) is 13.6. The summed E-state index contributed by atoms with van der Waals surface area (Å²) in [5.41, 5.74) is -0.120. The molecule has 2 N–H and O–H groups in total. The van der Waals surface area contributed by atoms with E-state index in [0.717, 1.165) is 45.2 Å². The molecule has 106 valence electrons. The predicted octanol–water partition coefficient (Wildman–Crippen LogP) is 2.71. The van der Waals surface area contributed by atoms with Crippen LogP contribution in [0, 0.1) is 11.3 Å². The van der Waals surface area contributed by atoms with Crippen molar-refractivity contribution in [2.75, 3.05) is 13.1 Å². The SMILES string of the molecule is CCC(CC)C(C)NC(=O)C1(CC)CCNCC1. The summed E-state index contributed by atoms with van der Waals surface area (Å²) >= 11 is 0. The Labute approximate surface area is 112 Å². The molecule has 1 atom stereocenters. The van der Waals surface area contributed by atoms with Crippen LogP contribution in [0.25, 0.3) is 0 Å². The number of nitrogens with one attached hydrogen (secondary N) is 2. The van der Waals surface area contributed by atoms with Gasteiger partial charge in [0.25, 0.3) is 0 Å². The van der Waals surface area contributed by atoms with Crippen molar-refractivity contribution in [3.05, 3.63) is 0 Å². The molecule has 1 fully saturated rings. The third-order valence-electron chi connectivity index (χ3n) is 4.83. The first-order valence-corrected chi connectivity index (χ1v) is 7.61. The van der Waals surface area contributed by atoms with Gasteiger partial charge in [0.15, 0.2) is 0 Å². The van der Waals surface area contributed by atoms with E-state index < -0.39 is 0 Å². The van der Waals surface area contributed by atoms with Gasteiger partial charge in [-0.05, 0) is 45.2 Å². The molecule has 0 radical (unpaired) electrons. The van der Waals surface area contributed by atoms with Gasteiger partial charge in [-0.25, -0.2) is 0 Å². The van der Waals surface area contributed by atoms with Gasteiger partial charge in [-0.1, -0.05) is 33.6 Å². The van der Waals surface area contributed by atoms with Crippen molar-refractivity contribution in [1.82, 2.24) is 10.6 Å². The molecule has 0 aromatic rings. The van der Waals surface area contributed by atoms with Crippen LogP contribution in [0.3, 0.4) is 0 Å². The number of carbonyl (C=O) groups is 1. The van der Waals surface area contributed by atoms with E-state index in [9.17, 15) is 4.79 Å². The van der Waals surface area contributed by atoms with Crippen molar-refractivity contribution in [2.24, 2.45) is 11.3 Å². The first kappa shape index (κ1) is 15.5. The van der Waals surface area contributed by atoms with Crippen molar-refractivity contribution in [3.8, 4) is 0 Å². The Bertz CT molecular complexity index is 255. The van der Waals surface area contributed by atoms with Crippen molar-refractivity contribution in [2.45, 2.75) is 65.8 Å². The molecule has 1 amide bonds. The molecule has 0 aromatic carbocycles. The topological polar surface area (TPSA) is 41.1 Å². The Hall–Kier alpha value is -0.570. The van der Waals surface area contributed by atoms with Crippen LogP contribution in [0.1, 0.15) is 59.8 Å². The average Bonchev–Trinajstić information content (AvgIpc) is 2.40. The molecule has 0 spiro atoms. The molecule has 0 aromatic heterocycles. The Morgan fingerprint density at radius 3 is 2.22 bits per heavy atom. The molecular formula is C15H30N2O. The molecule has 1 saturated heterocycles. The second kappa shape index (κ2) is 7.13. The van der Waals surface area contributed by atoms with E-state index >= 15 is 0 Å². The van der Waals surface area contributed by atoms with Gasteiger partial charge in [-0.2, -0.15) is 0 Å². The summed E-state index contributed by atoms with van der Waals surface area (Å²) < 4.78 is 0. The molecule has 1 rings (SSSR count). The molecule has 3 heteroatoms. The Kier molecular flexibility index (Phi) is 6.13. The van der Waals surface area contributed by atoms with Crippen molar-refractivity contribution < 1.29 is 4.79 Å². The quantitative estimate of drug-likeness (QED) is 0.765. The van der Waals surface area contributed by atoms with Crippen LogP contribution in [0.15, 0.2) is 0 Å². The van der Waals surface area contributed by atoms with Crippen LogP contribution < -0.4 is 10.6 Å². The van der Waals surface area contributed by atoms with E-state index in [1.54, 1.807) is 0 Å². The molecule has 0 saturated carbocycles. The lowest BCUT2D eigenvalue weighted by molar-refractivity contribution is -0.133. The van der Waals surface area contributed by atoms with Gasteiger partial charge in [-0.15, -0.1) is 0 Å². The smallest absolute Gasteiger partial charge is 0.226 e. The summed E-state index contributed by atoms with van der Waals surface area (Å²) in [4.78, 5) is 12.6. The summed E-state index contributed by atoms with van der Waals surface area (Å²) in [6, 6.07) is 0.297. The number of piperidine rings is 1. The fourth-order valence-electron chi connectivity index (χ4n) is 3.12. The van der Waals surface area contributed by atoms with Gasteiger partial charge in [0.1, 0.15) is 0 Å². The fraction of sp³-hybridized carbons (Fsp3) is 0.933. The molecule has 1 heterocycles. The Morgan fingerprint density at radius 2 is 1.78 bits per heavy atom. The highest BCUT2D eigenvalue weighted by Gasteiger charge is 2.38. The highest BCUT2D eigenvalue weighted by atomic mass is 16.2. The lowest BCUT2D eigenvalue weighted by Gasteiger charge is -2.37. The van der Waals surface area contributed by atoms with Gasteiger partial charge in [0.2, 0.25) is 5.91 Å². The number of hydrogen-bond acceptors (Lipinski definition) is 2. The average molecular weight is 254 g/mol. The third kappa shape index (κ3) is 3.47. The zero-order valence-electron chi connectivity index (χ0n) is 12.5. The van der Waals surface area contributed by atoms with Gasteiger partial charge in [0.05, 0.1) is 5.41 Å². The fourth-order valence-corrected chi connectivity index (χ4v) is 3.12. The molecule has 18 heavy (non-hydrogen) atoms. The molecule has 1 unspecified atom stereocenters. The summed E-state index contributed by atoms with van der Waals surface area (Å²) in [7, 11) is 0. The standard InChI is InChI=1S/C15H30N2O/c1-5-13(6-2)12(4)17-14(18)15(7-3)8-10-16-11-9-15/h12-13,16H,5-11H2,1-4H3,(H,17,18). The van der Waals surface area contributed by atoms with E-state index in [0.29, 0.717) is 12.0 Å². The summed E-state index contributed by atoms with van der Waals surface area (Å²) in [5, 5.41) is 6.62. The predicted molar refractivity (Wildman–Crippen MR) is 76.5 cm³/mol. The zero-order valence-corrected chi connectivity index (χ0v) is 12.5. The molecule has 3 nitrogen and oxygen atoms in total. The van der Waals surface area contributed by atoms with E-state index in [2.05, 4.69) is 38.3 Å². The van der Waals surface area contributed by atoms with Crippen molar-refractivity contribution >= 4 is 5.91 Å². The maximum absolute atomic E-state index is 12.6. The van der Waals surface area contributed by atoms with E-state index in [1.807, 2.05) is 0 Å². The second-order valence-corrected chi connectivity index (χ2v) is 5.72. The first-order valence-electron chi connectivity index (χ1n) is 7.61. The number of hydrogen-bond donors (Lipinski definition) is 2. The summed E-state index contributed by atoms with van der Waals surface area (Å²) in [6.45, 7) is 10.7. The largest absolute Gasteiger partial charge is 0.353 e. The van der Waals surface area contributed by atoms with Gasteiger partial charge in [-0.3, -0.25) is 4.79 Å². The second-order valence-electron chi connectivity index (χ2n) is 5.72. The maximum atomic E-state index is 12.6. The van der Waals surface area contributed by atoms with Crippen LogP contribution in [0.4, 0.5) is 0 Å². The van der Waals surface area contributed by atoms with Gasteiger partial charge in [0, 0.05) is 6.04 Å². The number of rotatable bonds is 6. The molecule has 1 aliphatic rings. The van der Waals surface area contributed by atoms with Crippen LogP contribution in [-0.2, 0) is 4.79 Å². The lowest BCUT2D eigenvalue weighted by atomic mass is 9.75. The Morgan fingerprint density at radius 1 is 1.22 bits per heavy atom. The summed E-state index contributed by atoms with van der Waals surface area (Å²) in [5.74, 6) is 0.885. The minimum Gasteiger partial charge on any atom is -0.353 e. The lowest BCUT2D eigenvalue weighted by Crippen LogP contribution is -2.50. The molecule has 1 aliphatic heterocycles. The van der Waals surface area contributed by atoms with Crippen LogP contribution in [0.2, 0.25) is 0 Å². The van der Waals surface area contributed by atoms with Crippen LogP contribution in [-0.4, -0.2) is 25.0 Å². The monoisotopic (exact) mass is 254 g/mol. The van der Waals surface area contributed by atoms with E-state index in [1.165, 1.54) is 0 Å². The molecule has 0 bridgehead atoms. The van der Waals surface area contributed by atoms with Crippen molar-refractivity contribution in [3.63, 3.8) is 0 Å². The van der Waals surface area contributed by atoms with Gasteiger partial charge >= 0.3 is 0 Å². The molecule has 0 aliphatic carbocycles. The highest BCUT2D eigenvalue weighted by Crippen LogP contribution is 2.33. The molecular weight excluding hydrogens is 224 g/mol. The van der Waals surface area contributed by atoms with Crippen LogP contribution in [0.5, 0.6) is 0 Å². The third-order valence-corrected chi connectivity index (χ3v) is 4.83. The highest BCUT2D eigenvalue weighted by molar-refractivity contribution is 5.83. The first-order chi connectivity index (χ1) is 8.59. The van der Waals surface area contributed by atoms with Crippen molar-refractivity contribution in [1.29, 1.82) is 0 Å². The van der Waals surface area contributed by atoms with E-state index in [4.69, 9.17) is 0 Å². The van der Waals surface area contributed by atoms with Crippen LogP contribution >= 0.6 is 0 Å². The number of amides is 1. The maximum Gasteiger partial charge on any atom is 0.226 e. The minimum absolute atomic E-state index is 0.120. The Balaban J connectivity index is 2.61. The number of carbonyl (C=O) groups excluding carboxylic acids is 1. The van der Waals surface area contributed by atoms with Gasteiger partial charge < -0.3 is 10.6 Å². The minimum atomic E-state index is -0.120. The summed E-state index contributed by atoms with van der Waals surface area (Å²) in [6.07, 6.45) is 5.18. The van der Waals surface area contributed by atoms with E-state index in [-0.39, 0.29) is 11.3 Å².